The van der Waals surface area contributed by atoms with Crippen molar-refractivity contribution in [3.63, 3.8) is 0 Å². The van der Waals surface area contributed by atoms with Crippen LogP contribution in [0.15, 0.2) is 18.2 Å². The van der Waals surface area contributed by atoms with E-state index in [1.165, 1.54) is 10.4 Å². The largest absolute Gasteiger partial charge is 0.368 e. The number of hydrogen-bond donors (Lipinski definition) is 1. The smallest absolute Gasteiger partial charge is 0.219 e. The molecule has 0 unspecified atom stereocenters. The second-order valence-electron chi connectivity index (χ2n) is 4.91. The normalized spacial score (nSPS) is 15.7. The van der Waals surface area contributed by atoms with Crippen LogP contribution in [-0.2, 0) is 4.79 Å². The zero-order valence-corrected chi connectivity index (χ0v) is 12.5. The van der Waals surface area contributed by atoms with Gasteiger partial charge >= 0.3 is 0 Å². The molecule has 5 nitrogen and oxygen atoms in total. The van der Waals surface area contributed by atoms with Gasteiger partial charge in [-0.2, -0.15) is 0 Å². The molecule has 1 aromatic carbocycles. The van der Waals surface area contributed by atoms with Crippen LogP contribution in [0.5, 0.6) is 0 Å². The first-order chi connectivity index (χ1) is 9.67. The number of amides is 1. The Hall–Kier alpha value is -1.82. The highest BCUT2D eigenvalue weighted by Gasteiger charge is 2.19. The molecule has 1 aromatic heterocycles. The molecule has 1 aliphatic heterocycles. The van der Waals surface area contributed by atoms with Crippen molar-refractivity contribution in [2.75, 3.05) is 43.4 Å². The molecule has 2 heterocycles. The molecule has 3 rings (SSSR count). The molecule has 0 aliphatic carbocycles. The summed E-state index contributed by atoms with van der Waals surface area (Å²) in [5.74, 6) is 0.168. The number of hydrogen-bond acceptors (Lipinski definition) is 5. The molecule has 1 N–H and O–H groups in total. The van der Waals surface area contributed by atoms with Gasteiger partial charge in [-0.1, -0.05) is 11.3 Å². The lowest BCUT2D eigenvalue weighted by Crippen LogP contribution is -2.48. The number of nitrogens with one attached hydrogen (secondary N) is 1. The number of fused-ring (bicyclic) bond motifs is 1. The minimum absolute atomic E-state index is 0.168. The third kappa shape index (κ3) is 2.43. The van der Waals surface area contributed by atoms with E-state index in [1.54, 1.807) is 18.3 Å². The summed E-state index contributed by atoms with van der Waals surface area (Å²) in [4.78, 5) is 20.1. The van der Waals surface area contributed by atoms with Gasteiger partial charge in [-0.15, -0.1) is 0 Å². The van der Waals surface area contributed by atoms with Crippen molar-refractivity contribution in [3.05, 3.63) is 18.2 Å². The maximum atomic E-state index is 11.3. The van der Waals surface area contributed by atoms with Gasteiger partial charge in [-0.3, -0.25) is 4.79 Å². The Balaban J connectivity index is 1.79. The molecule has 1 fully saturated rings. The van der Waals surface area contributed by atoms with Crippen molar-refractivity contribution in [3.8, 4) is 0 Å². The number of carbonyl (C=O) groups excluding carboxylic acids is 1. The number of anilines is 2. The summed E-state index contributed by atoms with van der Waals surface area (Å²) in [6.07, 6.45) is 0. The Morgan fingerprint density at radius 3 is 2.70 bits per heavy atom. The summed E-state index contributed by atoms with van der Waals surface area (Å²) in [6.45, 7) is 5.03. The van der Waals surface area contributed by atoms with Crippen molar-refractivity contribution in [2.24, 2.45) is 0 Å². The first kappa shape index (κ1) is 13.2. The van der Waals surface area contributed by atoms with Gasteiger partial charge < -0.3 is 15.1 Å². The second-order valence-corrected chi connectivity index (χ2v) is 5.94. The Labute approximate surface area is 122 Å². The lowest BCUT2D eigenvalue weighted by atomic mass is 10.2. The number of carbonyl (C=O) groups is 1. The Kier molecular flexibility index (Phi) is 3.48. The first-order valence-corrected chi connectivity index (χ1v) is 7.58. The fourth-order valence-electron chi connectivity index (χ4n) is 2.50. The summed E-state index contributed by atoms with van der Waals surface area (Å²) in [6, 6.07) is 6.38. The number of nitrogens with zero attached hydrogens (tertiary/aromatic N) is 3. The molecule has 0 atom stereocenters. The van der Waals surface area contributed by atoms with E-state index in [0.29, 0.717) is 0 Å². The van der Waals surface area contributed by atoms with Gasteiger partial charge in [0.2, 0.25) is 5.91 Å². The molecule has 106 valence electrons. The SMILES string of the molecule is CNc1nc2ccc(N3CCN(C(C)=O)CC3)cc2s1. The number of piperazine rings is 1. The van der Waals surface area contributed by atoms with E-state index >= 15 is 0 Å². The van der Waals surface area contributed by atoms with Crippen LogP contribution in [0.4, 0.5) is 10.8 Å². The highest BCUT2D eigenvalue weighted by atomic mass is 32.1. The van der Waals surface area contributed by atoms with Crippen LogP contribution >= 0.6 is 11.3 Å². The molecule has 1 amide bonds. The summed E-state index contributed by atoms with van der Waals surface area (Å²) in [5, 5.41) is 4.03. The average Bonchev–Trinajstić information content (AvgIpc) is 2.89. The molecule has 6 heteroatoms. The van der Waals surface area contributed by atoms with E-state index in [9.17, 15) is 4.79 Å². The van der Waals surface area contributed by atoms with E-state index in [1.807, 2.05) is 11.9 Å². The quantitative estimate of drug-likeness (QED) is 0.919. The van der Waals surface area contributed by atoms with E-state index in [2.05, 4.69) is 33.4 Å². The molecule has 0 spiro atoms. The zero-order chi connectivity index (χ0) is 14.1. The van der Waals surface area contributed by atoms with Gasteiger partial charge in [0.25, 0.3) is 0 Å². The van der Waals surface area contributed by atoms with Crippen molar-refractivity contribution < 1.29 is 4.79 Å². The van der Waals surface area contributed by atoms with Gasteiger partial charge in [0.05, 0.1) is 10.2 Å². The molecule has 0 radical (unpaired) electrons. The van der Waals surface area contributed by atoms with Gasteiger partial charge in [0.15, 0.2) is 5.13 Å². The minimum Gasteiger partial charge on any atom is -0.368 e. The standard InChI is InChI=1S/C14H18N4OS/c1-10(19)17-5-7-18(8-6-17)11-3-4-12-13(9-11)20-14(15-2)16-12/h3-4,9H,5-8H2,1-2H3,(H,15,16). The Bertz CT molecular complexity index is 631. The molecule has 2 aromatic rings. The molecule has 20 heavy (non-hydrogen) atoms. The molecule has 1 saturated heterocycles. The van der Waals surface area contributed by atoms with Gasteiger partial charge in [-0.25, -0.2) is 4.98 Å². The van der Waals surface area contributed by atoms with Crippen LogP contribution in [0, 0.1) is 0 Å². The van der Waals surface area contributed by atoms with E-state index < -0.39 is 0 Å². The fraction of sp³-hybridized carbons (Fsp3) is 0.429. The number of thiazole rings is 1. The second kappa shape index (κ2) is 5.28. The third-order valence-corrected chi connectivity index (χ3v) is 4.71. The molecule has 1 aliphatic rings. The van der Waals surface area contributed by atoms with Crippen LogP contribution < -0.4 is 10.2 Å². The predicted octanol–water partition coefficient (Wildman–Crippen LogP) is 2.01. The van der Waals surface area contributed by atoms with Gasteiger partial charge in [0, 0.05) is 45.8 Å². The summed E-state index contributed by atoms with van der Waals surface area (Å²) in [5.41, 5.74) is 2.25. The van der Waals surface area contributed by atoms with Crippen molar-refractivity contribution >= 4 is 38.3 Å². The van der Waals surface area contributed by atoms with E-state index in [-0.39, 0.29) is 5.91 Å². The topological polar surface area (TPSA) is 48.5 Å². The maximum Gasteiger partial charge on any atom is 0.219 e. The summed E-state index contributed by atoms with van der Waals surface area (Å²) < 4.78 is 1.20. The minimum atomic E-state index is 0.168. The molecular weight excluding hydrogens is 272 g/mol. The van der Waals surface area contributed by atoms with Crippen LogP contribution in [0.2, 0.25) is 0 Å². The fourth-order valence-corrected chi connectivity index (χ4v) is 3.35. The van der Waals surface area contributed by atoms with E-state index in [4.69, 9.17) is 0 Å². The maximum absolute atomic E-state index is 11.3. The zero-order valence-electron chi connectivity index (χ0n) is 11.7. The predicted molar refractivity (Wildman–Crippen MR) is 83.6 cm³/mol. The first-order valence-electron chi connectivity index (χ1n) is 6.76. The van der Waals surface area contributed by atoms with Gasteiger partial charge in [-0.05, 0) is 18.2 Å². The molecule has 0 saturated carbocycles. The summed E-state index contributed by atoms with van der Waals surface area (Å²) >= 11 is 1.67. The van der Waals surface area contributed by atoms with Gasteiger partial charge in [0.1, 0.15) is 0 Å². The number of aromatic nitrogens is 1. The third-order valence-electron chi connectivity index (χ3n) is 3.68. The Morgan fingerprint density at radius 1 is 1.30 bits per heavy atom. The van der Waals surface area contributed by atoms with E-state index in [0.717, 1.165) is 36.8 Å². The Morgan fingerprint density at radius 2 is 2.05 bits per heavy atom. The van der Waals surface area contributed by atoms with Crippen LogP contribution in [0.3, 0.4) is 0 Å². The van der Waals surface area contributed by atoms with Crippen molar-refractivity contribution in [2.45, 2.75) is 6.92 Å². The number of benzene rings is 1. The lowest BCUT2D eigenvalue weighted by molar-refractivity contribution is -0.129. The van der Waals surface area contributed by atoms with Crippen molar-refractivity contribution in [1.82, 2.24) is 9.88 Å². The average molecular weight is 290 g/mol. The lowest BCUT2D eigenvalue weighted by Gasteiger charge is -2.35. The highest BCUT2D eigenvalue weighted by molar-refractivity contribution is 7.22. The highest BCUT2D eigenvalue weighted by Crippen LogP contribution is 2.29. The summed E-state index contributed by atoms with van der Waals surface area (Å²) in [7, 11) is 1.89. The van der Waals surface area contributed by atoms with Crippen LogP contribution in [0.1, 0.15) is 6.92 Å². The van der Waals surface area contributed by atoms with Crippen LogP contribution in [-0.4, -0.2) is 49.0 Å². The molecule has 0 bridgehead atoms. The monoisotopic (exact) mass is 290 g/mol. The number of rotatable bonds is 2. The van der Waals surface area contributed by atoms with Crippen LogP contribution in [0.25, 0.3) is 10.2 Å². The van der Waals surface area contributed by atoms with Crippen molar-refractivity contribution in [1.29, 1.82) is 0 Å². The molecular formula is C14H18N4OS.